The van der Waals surface area contributed by atoms with Gasteiger partial charge in [0.25, 0.3) is 0 Å². The van der Waals surface area contributed by atoms with Crippen molar-refractivity contribution in [3.63, 3.8) is 0 Å². The monoisotopic (exact) mass is 227 g/mol. The average Bonchev–Trinajstić information content (AvgIpc) is 2.32. The summed E-state index contributed by atoms with van der Waals surface area (Å²) in [5.74, 6) is -0.831. The first kappa shape index (κ1) is 11.3. The van der Waals surface area contributed by atoms with Crippen molar-refractivity contribution >= 4 is 5.97 Å². The molecule has 3 heteroatoms. The normalized spacial score (nSPS) is 10.1. The third-order valence-corrected chi connectivity index (χ3v) is 2.47. The van der Waals surface area contributed by atoms with E-state index in [4.69, 9.17) is 5.11 Å². The quantitative estimate of drug-likeness (QED) is 0.871. The predicted octanol–water partition coefficient (Wildman–Crippen LogP) is 2.30. The van der Waals surface area contributed by atoms with Crippen molar-refractivity contribution in [3.05, 3.63) is 65.5 Å². The minimum Gasteiger partial charge on any atom is -0.481 e. The third-order valence-electron chi connectivity index (χ3n) is 2.47. The largest absolute Gasteiger partial charge is 0.481 e. The Morgan fingerprint density at radius 3 is 2.41 bits per heavy atom. The van der Waals surface area contributed by atoms with Gasteiger partial charge in [-0.25, -0.2) is 0 Å². The van der Waals surface area contributed by atoms with Crippen molar-refractivity contribution in [1.29, 1.82) is 0 Å². The van der Waals surface area contributed by atoms with Crippen LogP contribution in [-0.2, 0) is 17.6 Å². The topological polar surface area (TPSA) is 50.2 Å². The van der Waals surface area contributed by atoms with Gasteiger partial charge in [-0.05, 0) is 17.2 Å². The molecule has 0 spiro atoms. The number of carboxylic acid groups (broad SMARTS) is 1. The Kier molecular flexibility index (Phi) is 3.50. The van der Waals surface area contributed by atoms with Crippen LogP contribution in [-0.4, -0.2) is 16.1 Å². The Bertz CT molecular complexity index is 491. The molecule has 0 saturated carbocycles. The number of nitrogens with zero attached hydrogens (tertiary/aromatic N) is 1. The lowest BCUT2D eigenvalue weighted by Crippen LogP contribution is -2.01. The third kappa shape index (κ3) is 3.41. The second kappa shape index (κ2) is 5.25. The molecule has 86 valence electrons. The minimum absolute atomic E-state index is 0.0264. The summed E-state index contributed by atoms with van der Waals surface area (Å²) < 4.78 is 0. The molecule has 0 unspecified atom stereocenters. The number of pyridine rings is 1. The van der Waals surface area contributed by atoms with Gasteiger partial charge in [-0.3, -0.25) is 9.78 Å². The van der Waals surface area contributed by atoms with E-state index in [0.29, 0.717) is 0 Å². The summed E-state index contributed by atoms with van der Waals surface area (Å²) in [6, 6.07) is 13.8. The van der Waals surface area contributed by atoms with Crippen molar-refractivity contribution < 1.29 is 9.90 Å². The fourth-order valence-electron chi connectivity index (χ4n) is 1.64. The number of carbonyl (C=O) groups is 1. The van der Waals surface area contributed by atoms with Gasteiger partial charge < -0.3 is 5.11 Å². The lowest BCUT2D eigenvalue weighted by atomic mass is 10.1. The first-order valence-corrected chi connectivity index (χ1v) is 5.43. The van der Waals surface area contributed by atoms with Gasteiger partial charge in [-0.15, -0.1) is 0 Å². The highest BCUT2D eigenvalue weighted by molar-refractivity contribution is 5.69. The maximum atomic E-state index is 10.5. The second-order valence-electron chi connectivity index (χ2n) is 3.89. The molecule has 1 aromatic carbocycles. The van der Waals surface area contributed by atoms with E-state index in [9.17, 15) is 4.79 Å². The fourth-order valence-corrected chi connectivity index (χ4v) is 1.64. The smallest absolute Gasteiger partial charge is 0.307 e. The van der Waals surface area contributed by atoms with Crippen LogP contribution < -0.4 is 0 Å². The van der Waals surface area contributed by atoms with E-state index >= 15 is 0 Å². The maximum absolute atomic E-state index is 10.5. The molecule has 0 aliphatic rings. The SMILES string of the molecule is O=C(O)Cc1ccc(Cc2ccccc2)nc1. The lowest BCUT2D eigenvalue weighted by Gasteiger charge is -2.02. The molecule has 0 fully saturated rings. The summed E-state index contributed by atoms with van der Waals surface area (Å²) in [7, 11) is 0. The first-order chi connectivity index (χ1) is 8.24. The Hall–Kier alpha value is -2.16. The molecule has 3 nitrogen and oxygen atoms in total. The molecular weight excluding hydrogens is 214 g/mol. The Morgan fingerprint density at radius 2 is 1.82 bits per heavy atom. The van der Waals surface area contributed by atoms with Crippen molar-refractivity contribution in [2.75, 3.05) is 0 Å². The zero-order chi connectivity index (χ0) is 12.1. The summed E-state index contributed by atoms with van der Waals surface area (Å²) in [5.41, 5.74) is 2.88. The number of carboxylic acids is 1. The summed E-state index contributed by atoms with van der Waals surface area (Å²) in [5, 5.41) is 8.64. The summed E-state index contributed by atoms with van der Waals surface area (Å²) in [6.45, 7) is 0. The van der Waals surface area contributed by atoms with Gasteiger partial charge in [0.1, 0.15) is 0 Å². The maximum Gasteiger partial charge on any atom is 0.307 e. The van der Waals surface area contributed by atoms with E-state index in [2.05, 4.69) is 4.98 Å². The number of rotatable bonds is 4. The van der Waals surface area contributed by atoms with Crippen LogP contribution in [0, 0.1) is 0 Å². The Morgan fingerprint density at radius 1 is 1.06 bits per heavy atom. The zero-order valence-corrected chi connectivity index (χ0v) is 9.34. The van der Waals surface area contributed by atoms with Gasteiger partial charge in [0.2, 0.25) is 0 Å². The second-order valence-corrected chi connectivity index (χ2v) is 3.89. The fraction of sp³-hybridized carbons (Fsp3) is 0.143. The molecule has 0 atom stereocenters. The lowest BCUT2D eigenvalue weighted by molar-refractivity contribution is -0.136. The van der Waals surface area contributed by atoms with Crippen molar-refractivity contribution in [3.8, 4) is 0 Å². The van der Waals surface area contributed by atoms with Gasteiger partial charge in [-0.2, -0.15) is 0 Å². The van der Waals surface area contributed by atoms with Crippen LogP contribution >= 0.6 is 0 Å². The molecule has 0 bridgehead atoms. The molecule has 0 amide bonds. The van der Waals surface area contributed by atoms with Crippen LogP contribution in [0.3, 0.4) is 0 Å². The number of hydrogen-bond acceptors (Lipinski definition) is 2. The molecule has 1 N–H and O–H groups in total. The zero-order valence-electron chi connectivity index (χ0n) is 9.34. The van der Waals surface area contributed by atoms with Crippen LogP contribution in [0.2, 0.25) is 0 Å². The van der Waals surface area contributed by atoms with Crippen LogP contribution in [0.25, 0.3) is 0 Å². The highest BCUT2D eigenvalue weighted by atomic mass is 16.4. The molecule has 1 aromatic heterocycles. The van der Waals surface area contributed by atoms with E-state index in [1.165, 1.54) is 5.56 Å². The van der Waals surface area contributed by atoms with Crippen LogP contribution in [0.5, 0.6) is 0 Å². The Balaban J connectivity index is 2.06. The van der Waals surface area contributed by atoms with Gasteiger partial charge >= 0.3 is 5.97 Å². The van der Waals surface area contributed by atoms with Gasteiger partial charge in [0.15, 0.2) is 0 Å². The molecule has 2 aromatic rings. The van der Waals surface area contributed by atoms with Crippen LogP contribution in [0.15, 0.2) is 48.7 Å². The van der Waals surface area contributed by atoms with E-state index in [-0.39, 0.29) is 6.42 Å². The van der Waals surface area contributed by atoms with Gasteiger partial charge in [0.05, 0.1) is 6.42 Å². The van der Waals surface area contributed by atoms with E-state index in [1.807, 2.05) is 42.5 Å². The Labute approximate surface area is 99.8 Å². The number of hydrogen-bond donors (Lipinski definition) is 1. The van der Waals surface area contributed by atoms with E-state index < -0.39 is 5.97 Å². The standard InChI is InChI=1S/C14H13NO2/c16-14(17)9-12-6-7-13(15-10-12)8-11-4-2-1-3-5-11/h1-7,10H,8-9H2,(H,16,17). The summed E-state index contributed by atoms with van der Waals surface area (Å²) >= 11 is 0. The molecule has 0 saturated heterocycles. The van der Waals surface area contributed by atoms with Gasteiger partial charge in [0, 0.05) is 18.3 Å². The minimum atomic E-state index is -0.831. The average molecular weight is 227 g/mol. The van der Waals surface area contributed by atoms with E-state index in [1.54, 1.807) is 6.20 Å². The molecule has 0 aliphatic carbocycles. The van der Waals surface area contributed by atoms with Crippen molar-refractivity contribution in [1.82, 2.24) is 4.98 Å². The molecule has 0 aliphatic heterocycles. The molecule has 1 heterocycles. The van der Waals surface area contributed by atoms with Gasteiger partial charge in [-0.1, -0.05) is 36.4 Å². The summed E-state index contributed by atoms with van der Waals surface area (Å²) in [6.07, 6.45) is 2.43. The highest BCUT2D eigenvalue weighted by Gasteiger charge is 2.01. The first-order valence-electron chi connectivity index (χ1n) is 5.43. The highest BCUT2D eigenvalue weighted by Crippen LogP contribution is 2.08. The van der Waals surface area contributed by atoms with E-state index in [0.717, 1.165) is 17.7 Å². The number of benzene rings is 1. The molecule has 2 rings (SSSR count). The molecule has 0 radical (unpaired) electrons. The van der Waals surface area contributed by atoms with Crippen molar-refractivity contribution in [2.24, 2.45) is 0 Å². The number of aliphatic carboxylic acids is 1. The predicted molar refractivity (Wildman–Crippen MR) is 64.8 cm³/mol. The molecule has 17 heavy (non-hydrogen) atoms. The van der Waals surface area contributed by atoms with Crippen LogP contribution in [0.1, 0.15) is 16.8 Å². The number of aromatic nitrogens is 1. The van der Waals surface area contributed by atoms with Crippen molar-refractivity contribution in [2.45, 2.75) is 12.8 Å². The summed E-state index contributed by atoms with van der Waals surface area (Å²) in [4.78, 5) is 14.8. The molecular formula is C14H13NO2. The van der Waals surface area contributed by atoms with Crippen LogP contribution in [0.4, 0.5) is 0 Å².